The number of aliphatic imine (C=N–C) groups is 1. The number of nitrogens with one attached hydrogen (secondary N) is 2. The van der Waals surface area contributed by atoms with Gasteiger partial charge < -0.3 is 20.1 Å². The molecule has 0 aromatic heterocycles. The first kappa shape index (κ1) is 15.1. The minimum atomic E-state index is 0.179. The number of nitrogens with zero attached hydrogens (tertiary/aromatic N) is 1. The van der Waals surface area contributed by atoms with Crippen molar-refractivity contribution < 1.29 is 9.47 Å². The Bertz CT molecular complexity index is 391. The predicted octanol–water partition coefficient (Wildman–Crippen LogP) is 1.53. The standard InChI is InChI=1S/C16H29N3O2/c1-16(2)13(12-5-4-8-21-14(12)16)19-15(17-3)18-11-6-9-20-10-7-11/h11-14H,4-10H2,1-3H3,(H2,17,18,19). The highest BCUT2D eigenvalue weighted by Crippen LogP contribution is 2.51. The van der Waals surface area contributed by atoms with E-state index in [1.807, 2.05) is 7.05 Å². The van der Waals surface area contributed by atoms with E-state index in [0.717, 1.165) is 38.6 Å². The summed E-state index contributed by atoms with van der Waals surface area (Å²) in [5.74, 6) is 1.56. The average molecular weight is 295 g/mol. The number of rotatable bonds is 2. The van der Waals surface area contributed by atoms with Crippen LogP contribution in [0.1, 0.15) is 39.5 Å². The van der Waals surface area contributed by atoms with Crippen LogP contribution in [0.25, 0.3) is 0 Å². The van der Waals surface area contributed by atoms with E-state index in [4.69, 9.17) is 9.47 Å². The van der Waals surface area contributed by atoms with Crippen molar-refractivity contribution in [2.24, 2.45) is 16.3 Å². The van der Waals surface area contributed by atoms with Gasteiger partial charge in [-0.3, -0.25) is 4.99 Å². The Morgan fingerprint density at radius 3 is 2.57 bits per heavy atom. The van der Waals surface area contributed by atoms with Crippen LogP contribution in [0, 0.1) is 11.3 Å². The maximum atomic E-state index is 5.97. The molecule has 1 saturated carbocycles. The van der Waals surface area contributed by atoms with Crippen LogP contribution in [0.15, 0.2) is 4.99 Å². The van der Waals surface area contributed by atoms with Crippen LogP contribution >= 0.6 is 0 Å². The molecule has 2 aliphatic heterocycles. The number of hydrogen-bond acceptors (Lipinski definition) is 3. The molecular weight excluding hydrogens is 266 g/mol. The lowest BCUT2D eigenvalue weighted by Gasteiger charge is -2.60. The molecule has 120 valence electrons. The summed E-state index contributed by atoms with van der Waals surface area (Å²) in [7, 11) is 1.86. The topological polar surface area (TPSA) is 54.9 Å². The highest BCUT2D eigenvalue weighted by Gasteiger charge is 2.58. The summed E-state index contributed by atoms with van der Waals surface area (Å²) in [4.78, 5) is 4.42. The van der Waals surface area contributed by atoms with Gasteiger partial charge in [-0.1, -0.05) is 13.8 Å². The third-order valence-corrected chi connectivity index (χ3v) is 5.41. The van der Waals surface area contributed by atoms with Crippen LogP contribution in [-0.4, -0.2) is 51.0 Å². The molecule has 0 radical (unpaired) electrons. The minimum Gasteiger partial charge on any atom is -0.381 e. The zero-order chi connectivity index (χ0) is 14.9. The second kappa shape index (κ2) is 6.13. The van der Waals surface area contributed by atoms with Gasteiger partial charge in [-0.2, -0.15) is 0 Å². The number of hydrogen-bond donors (Lipinski definition) is 2. The molecular formula is C16H29N3O2. The lowest BCUT2D eigenvalue weighted by atomic mass is 9.55. The Morgan fingerprint density at radius 1 is 1.10 bits per heavy atom. The maximum Gasteiger partial charge on any atom is 0.191 e. The van der Waals surface area contributed by atoms with Crippen LogP contribution < -0.4 is 10.6 Å². The molecule has 0 amide bonds. The molecule has 3 rings (SSSR count). The Labute approximate surface area is 127 Å². The molecule has 2 N–H and O–H groups in total. The molecule has 3 atom stereocenters. The minimum absolute atomic E-state index is 0.179. The van der Waals surface area contributed by atoms with Crippen molar-refractivity contribution in [1.82, 2.24) is 10.6 Å². The van der Waals surface area contributed by atoms with Gasteiger partial charge in [0.2, 0.25) is 0 Å². The monoisotopic (exact) mass is 295 g/mol. The zero-order valence-electron chi connectivity index (χ0n) is 13.5. The second-order valence-electron chi connectivity index (χ2n) is 7.14. The molecule has 0 bridgehead atoms. The molecule has 2 heterocycles. The Hall–Kier alpha value is -0.810. The van der Waals surface area contributed by atoms with E-state index in [2.05, 4.69) is 29.5 Å². The van der Waals surface area contributed by atoms with Gasteiger partial charge in [-0.25, -0.2) is 0 Å². The second-order valence-corrected chi connectivity index (χ2v) is 7.14. The van der Waals surface area contributed by atoms with E-state index >= 15 is 0 Å². The van der Waals surface area contributed by atoms with Crippen LogP contribution in [0.5, 0.6) is 0 Å². The van der Waals surface area contributed by atoms with Gasteiger partial charge in [0.05, 0.1) is 6.10 Å². The molecule has 5 nitrogen and oxygen atoms in total. The van der Waals surface area contributed by atoms with Crippen molar-refractivity contribution in [3.63, 3.8) is 0 Å². The quantitative estimate of drug-likeness (QED) is 0.599. The van der Waals surface area contributed by atoms with E-state index in [1.54, 1.807) is 0 Å². The van der Waals surface area contributed by atoms with Crippen LogP contribution in [-0.2, 0) is 9.47 Å². The van der Waals surface area contributed by atoms with Crippen molar-refractivity contribution in [2.75, 3.05) is 26.9 Å². The molecule has 2 saturated heterocycles. The summed E-state index contributed by atoms with van der Waals surface area (Å²) in [6, 6.07) is 0.931. The number of ether oxygens (including phenoxy) is 2. The normalized spacial score (nSPS) is 36.5. The van der Waals surface area contributed by atoms with E-state index in [1.165, 1.54) is 12.8 Å². The molecule has 3 unspecified atom stereocenters. The Kier molecular flexibility index (Phi) is 4.41. The van der Waals surface area contributed by atoms with Crippen LogP contribution in [0.2, 0.25) is 0 Å². The van der Waals surface area contributed by atoms with Crippen LogP contribution in [0.3, 0.4) is 0 Å². The van der Waals surface area contributed by atoms with Gasteiger partial charge in [0.1, 0.15) is 0 Å². The predicted molar refractivity (Wildman–Crippen MR) is 83.5 cm³/mol. The molecule has 21 heavy (non-hydrogen) atoms. The molecule has 0 aromatic carbocycles. The largest absolute Gasteiger partial charge is 0.381 e. The molecule has 1 aliphatic carbocycles. The first-order chi connectivity index (χ1) is 10.1. The fraction of sp³-hybridized carbons (Fsp3) is 0.938. The summed E-state index contributed by atoms with van der Waals surface area (Å²) in [6.45, 7) is 7.23. The zero-order valence-corrected chi connectivity index (χ0v) is 13.5. The fourth-order valence-corrected chi connectivity index (χ4v) is 4.17. The molecule has 3 fully saturated rings. The van der Waals surface area contributed by atoms with E-state index < -0.39 is 0 Å². The first-order valence-corrected chi connectivity index (χ1v) is 8.32. The summed E-state index contributed by atoms with van der Waals surface area (Å²) < 4.78 is 11.4. The van der Waals surface area contributed by atoms with Crippen molar-refractivity contribution in [2.45, 2.75) is 57.7 Å². The Balaban J connectivity index is 1.58. The molecule has 0 spiro atoms. The summed E-state index contributed by atoms with van der Waals surface area (Å²) >= 11 is 0. The van der Waals surface area contributed by atoms with Crippen molar-refractivity contribution in [3.05, 3.63) is 0 Å². The van der Waals surface area contributed by atoms with E-state index in [-0.39, 0.29) is 5.41 Å². The molecule has 5 heteroatoms. The van der Waals surface area contributed by atoms with E-state index in [0.29, 0.717) is 24.1 Å². The van der Waals surface area contributed by atoms with Crippen molar-refractivity contribution in [3.8, 4) is 0 Å². The summed E-state index contributed by atoms with van der Waals surface area (Å²) in [5.41, 5.74) is 0.179. The van der Waals surface area contributed by atoms with Gasteiger partial charge in [-0.15, -0.1) is 0 Å². The number of fused-ring (bicyclic) bond motifs is 1. The highest BCUT2D eigenvalue weighted by atomic mass is 16.5. The molecule has 0 aromatic rings. The fourth-order valence-electron chi connectivity index (χ4n) is 4.17. The van der Waals surface area contributed by atoms with E-state index in [9.17, 15) is 0 Å². The summed E-state index contributed by atoms with van der Waals surface area (Å²) in [5, 5.41) is 7.21. The van der Waals surface area contributed by atoms with Crippen molar-refractivity contribution >= 4 is 5.96 Å². The van der Waals surface area contributed by atoms with Gasteiger partial charge in [-0.05, 0) is 25.7 Å². The summed E-state index contributed by atoms with van der Waals surface area (Å²) in [6.07, 6.45) is 4.97. The van der Waals surface area contributed by atoms with Gasteiger partial charge in [0.25, 0.3) is 0 Å². The maximum absolute atomic E-state index is 5.97. The Morgan fingerprint density at radius 2 is 1.86 bits per heavy atom. The van der Waals surface area contributed by atoms with Crippen LogP contribution in [0.4, 0.5) is 0 Å². The van der Waals surface area contributed by atoms with Gasteiger partial charge in [0.15, 0.2) is 5.96 Å². The SMILES string of the molecule is CN=C(NC1CCOCC1)NC1C2CCCOC2C1(C)C. The third kappa shape index (κ3) is 2.90. The van der Waals surface area contributed by atoms with Gasteiger partial charge >= 0.3 is 0 Å². The average Bonchev–Trinajstić information content (AvgIpc) is 2.52. The smallest absolute Gasteiger partial charge is 0.191 e. The lowest BCUT2D eigenvalue weighted by molar-refractivity contribution is -0.188. The lowest BCUT2D eigenvalue weighted by Crippen LogP contribution is -2.71. The van der Waals surface area contributed by atoms with Gasteiger partial charge in [0, 0.05) is 50.3 Å². The highest BCUT2D eigenvalue weighted by molar-refractivity contribution is 5.80. The first-order valence-electron chi connectivity index (χ1n) is 8.32. The third-order valence-electron chi connectivity index (χ3n) is 5.41. The number of guanidine groups is 1. The van der Waals surface area contributed by atoms with Crippen molar-refractivity contribution in [1.29, 1.82) is 0 Å². The molecule has 3 aliphatic rings.